The van der Waals surface area contributed by atoms with E-state index in [1.54, 1.807) is 12.3 Å². The molecule has 2 rings (SSSR count). The first kappa shape index (κ1) is 13.1. The fourth-order valence-corrected chi connectivity index (χ4v) is 2.27. The van der Waals surface area contributed by atoms with E-state index in [0.717, 1.165) is 13.1 Å². The van der Waals surface area contributed by atoms with Gasteiger partial charge in [-0.25, -0.2) is 4.98 Å². The normalized spacial score (nSPS) is 21.3. The first-order chi connectivity index (χ1) is 8.79. The summed E-state index contributed by atoms with van der Waals surface area (Å²) < 4.78 is 5.37. The lowest BCUT2D eigenvalue weighted by molar-refractivity contribution is 0.325. The molecule has 0 aromatic carbocycles. The third kappa shape index (κ3) is 3.57. The minimum atomic E-state index is 0.370. The van der Waals surface area contributed by atoms with Crippen LogP contribution in [0.1, 0.15) is 26.7 Å². The van der Waals surface area contributed by atoms with Gasteiger partial charge in [-0.1, -0.05) is 0 Å². The van der Waals surface area contributed by atoms with Gasteiger partial charge in [0.1, 0.15) is 0 Å². The predicted molar refractivity (Wildman–Crippen MR) is 71.9 cm³/mol. The lowest BCUT2D eigenvalue weighted by atomic mass is 9.93. The lowest BCUT2D eigenvalue weighted by Gasteiger charge is -2.28. The van der Waals surface area contributed by atoms with E-state index >= 15 is 0 Å². The molecule has 0 aliphatic carbocycles. The van der Waals surface area contributed by atoms with E-state index in [9.17, 15) is 0 Å². The molecular weight excluding hydrogens is 228 g/mol. The third-order valence-electron chi connectivity index (χ3n) is 3.32. The molecule has 0 radical (unpaired) electrons. The molecule has 2 N–H and O–H groups in total. The van der Waals surface area contributed by atoms with Crippen molar-refractivity contribution in [1.82, 2.24) is 15.3 Å². The molecule has 18 heavy (non-hydrogen) atoms. The van der Waals surface area contributed by atoms with E-state index in [0.29, 0.717) is 30.4 Å². The average Bonchev–Trinajstić information content (AvgIpc) is 2.40. The molecule has 1 aromatic heterocycles. The van der Waals surface area contributed by atoms with Crippen LogP contribution in [-0.4, -0.2) is 35.7 Å². The number of rotatable bonds is 5. The molecule has 1 fully saturated rings. The molecule has 0 saturated carbocycles. The van der Waals surface area contributed by atoms with Crippen molar-refractivity contribution in [3.8, 4) is 5.88 Å². The molecule has 5 heteroatoms. The van der Waals surface area contributed by atoms with E-state index in [1.165, 1.54) is 12.8 Å². The van der Waals surface area contributed by atoms with Gasteiger partial charge in [0.25, 0.3) is 0 Å². The molecule has 2 atom stereocenters. The van der Waals surface area contributed by atoms with E-state index in [-0.39, 0.29) is 0 Å². The van der Waals surface area contributed by atoms with Gasteiger partial charge >= 0.3 is 0 Å². The Bertz CT molecular complexity index is 366. The molecule has 2 unspecified atom stereocenters. The molecule has 100 valence electrons. The summed E-state index contributed by atoms with van der Waals surface area (Å²) in [5.74, 6) is 1.92. The van der Waals surface area contributed by atoms with Crippen molar-refractivity contribution in [2.75, 3.05) is 25.0 Å². The Morgan fingerprint density at radius 2 is 2.50 bits per heavy atom. The van der Waals surface area contributed by atoms with Crippen LogP contribution in [0.2, 0.25) is 0 Å². The Labute approximate surface area is 108 Å². The summed E-state index contributed by atoms with van der Waals surface area (Å²) in [4.78, 5) is 8.57. The summed E-state index contributed by atoms with van der Waals surface area (Å²) in [6.07, 6.45) is 4.23. The lowest BCUT2D eigenvalue weighted by Crippen LogP contribution is -2.39. The minimum absolute atomic E-state index is 0.370. The average molecular weight is 250 g/mol. The molecular formula is C13H22N4O. The zero-order valence-corrected chi connectivity index (χ0v) is 11.1. The zero-order valence-electron chi connectivity index (χ0n) is 11.1. The number of piperidine rings is 1. The van der Waals surface area contributed by atoms with Crippen molar-refractivity contribution < 1.29 is 4.74 Å². The van der Waals surface area contributed by atoms with Gasteiger partial charge in [0.15, 0.2) is 0 Å². The van der Waals surface area contributed by atoms with Crippen LogP contribution in [-0.2, 0) is 0 Å². The van der Waals surface area contributed by atoms with Gasteiger partial charge < -0.3 is 15.4 Å². The van der Waals surface area contributed by atoms with Crippen LogP contribution in [0.3, 0.4) is 0 Å². The minimum Gasteiger partial charge on any atom is -0.478 e. The van der Waals surface area contributed by atoms with Crippen LogP contribution in [0.4, 0.5) is 5.95 Å². The number of hydrogen-bond acceptors (Lipinski definition) is 5. The Balaban J connectivity index is 1.93. The SMILES string of the molecule is CCOc1ccnc(NC(C)C2CCCNC2)n1. The van der Waals surface area contributed by atoms with Gasteiger partial charge in [0.05, 0.1) is 6.61 Å². The van der Waals surface area contributed by atoms with Crippen molar-refractivity contribution in [3.63, 3.8) is 0 Å². The molecule has 0 bridgehead atoms. The number of ether oxygens (including phenoxy) is 1. The van der Waals surface area contributed by atoms with Gasteiger partial charge in [-0.2, -0.15) is 4.98 Å². The summed E-state index contributed by atoms with van der Waals surface area (Å²) in [6.45, 7) is 6.97. The first-order valence-corrected chi connectivity index (χ1v) is 6.72. The van der Waals surface area contributed by atoms with Crippen molar-refractivity contribution >= 4 is 5.95 Å². The maximum Gasteiger partial charge on any atom is 0.226 e. The second-order valence-corrected chi connectivity index (χ2v) is 4.69. The number of hydrogen-bond donors (Lipinski definition) is 2. The van der Waals surface area contributed by atoms with Crippen LogP contribution in [0.5, 0.6) is 5.88 Å². The Morgan fingerprint density at radius 3 is 3.22 bits per heavy atom. The van der Waals surface area contributed by atoms with Crippen molar-refractivity contribution in [3.05, 3.63) is 12.3 Å². The van der Waals surface area contributed by atoms with Crippen molar-refractivity contribution in [1.29, 1.82) is 0 Å². The van der Waals surface area contributed by atoms with Crippen LogP contribution in [0.15, 0.2) is 12.3 Å². The maximum atomic E-state index is 5.37. The van der Waals surface area contributed by atoms with Gasteiger partial charge in [-0.15, -0.1) is 0 Å². The summed E-state index contributed by atoms with van der Waals surface area (Å²) in [7, 11) is 0. The molecule has 1 saturated heterocycles. The van der Waals surface area contributed by atoms with E-state index in [1.807, 2.05) is 6.92 Å². The molecule has 0 amide bonds. The van der Waals surface area contributed by atoms with Crippen molar-refractivity contribution in [2.24, 2.45) is 5.92 Å². The second kappa shape index (κ2) is 6.54. The predicted octanol–water partition coefficient (Wildman–Crippen LogP) is 1.68. The van der Waals surface area contributed by atoms with Crippen LogP contribution >= 0.6 is 0 Å². The van der Waals surface area contributed by atoms with Crippen LogP contribution in [0, 0.1) is 5.92 Å². The quantitative estimate of drug-likeness (QED) is 0.832. The number of nitrogens with zero attached hydrogens (tertiary/aromatic N) is 2. The monoisotopic (exact) mass is 250 g/mol. The van der Waals surface area contributed by atoms with Crippen LogP contribution in [0.25, 0.3) is 0 Å². The van der Waals surface area contributed by atoms with Gasteiger partial charge in [-0.3, -0.25) is 0 Å². The van der Waals surface area contributed by atoms with E-state index in [4.69, 9.17) is 4.74 Å². The summed E-state index contributed by atoms with van der Waals surface area (Å²) in [5, 5.41) is 6.80. The van der Waals surface area contributed by atoms with Gasteiger partial charge in [0.2, 0.25) is 11.8 Å². The fraction of sp³-hybridized carbons (Fsp3) is 0.692. The number of anilines is 1. The summed E-state index contributed by atoms with van der Waals surface area (Å²) in [5.41, 5.74) is 0. The standard InChI is InChI=1S/C13H22N4O/c1-3-18-12-6-8-15-13(17-12)16-10(2)11-5-4-7-14-9-11/h6,8,10-11,14H,3-5,7,9H2,1-2H3,(H,15,16,17). The topological polar surface area (TPSA) is 59.1 Å². The molecule has 2 heterocycles. The first-order valence-electron chi connectivity index (χ1n) is 6.72. The highest BCUT2D eigenvalue weighted by Gasteiger charge is 2.20. The molecule has 1 aliphatic heterocycles. The van der Waals surface area contributed by atoms with Gasteiger partial charge in [-0.05, 0) is 45.7 Å². The number of nitrogens with one attached hydrogen (secondary N) is 2. The smallest absolute Gasteiger partial charge is 0.226 e. The molecule has 1 aromatic rings. The summed E-state index contributed by atoms with van der Waals surface area (Å²) >= 11 is 0. The van der Waals surface area contributed by atoms with Gasteiger partial charge in [0, 0.05) is 18.3 Å². The summed E-state index contributed by atoms with van der Waals surface area (Å²) in [6, 6.07) is 2.15. The number of aromatic nitrogens is 2. The van der Waals surface area contributed by atoms with E-state index in [2.05, 4.69) is 27.5 Å². The third-order valence-corrected chi connectivity index (χ3v) is 3.32. The Morgan fingerprint density at radius 1 is 1.61 bits per heavy atom. The fourth-order valence-electron chi connectivity index (χ4n) is 2.27. The second-order valence-electron chi connectivity index (χ2n) is 4.69. The molecule has 0 spiro atoms. The van der Waals surface area contributed by atoms with E-state index < -0.39 is 0 Å². The highest BCUT2D eigenvalue weighted by Crippen LogP contribution is 2.17. The molecule has 5 nitrogen and oxygen atoms in total. The Hall–Kier alpha value is -1.36. The van der Waals surface area contributed by atoms with Crippen molar-refractivity contribution in [2.45, 2.75) is 32.7 Å². The van der Waals surface area contributed by atoms with Crippen LogP contribution < -0.4 is 15.4 Å². The Kier molecular flexibility index (Phi) is 4.75. The highest BCUT2D eigenvalue weighted by molar-refractivity contribution is 5.28. The zero-order chi connectivity index (χ0) is 12.8. The molecule has 1 aliphatic rings. The highest BCUT2D eigenvalue weighted by atomic mass is 16.5. The largest absolute Gasteiger partial charge is 0.478 e. The maximum absolute atomic E-state index is 5.37.